The van der Waals surface area contributed by atoms with Gasteiger partial charge < -0.3 is 5.11 Å². The fraction of sp³-hybridized carbons (Fsp3) is 1.00. The summed E-state index contributed by atoms with van der Waals surface area (Å²) in [5.41, 5.74) is 1.19. The minimum absolute atomic E-state index is 0.381. The first-order valence-electron chi connectivity index (χ1n) is 9.40. The average molecular weight is 290 g/mol. The third-order valence-corrected chi connectivity index (χ3v) is 9.11. The zero-order chi connectivity index (χ0) is 15.3. The highest BCUT2D eigenvalue weighted by molar-refractivity contribution is 5.27. The van der Waals surface area contributed by atoms with E-state index < -0.39 is 0 Å². The van der Waals surface area contributed by atoms with Crippen molar-refractivity contribution in [2.75, 3.05) is 0 Å². The van der Waals surface area contributed by atoms with Crippen LogP contribution in [-0.4, -0.2) is 10.7 Å². The highest BCUT2D eigenvalue weighted by atomic mass is 16.3. The lowest BCUT2D eigenvalue weighted by Gasteiger charge is -2.59. The lowest BCUT2D eigenvalue weighted by atomic mass is 9.46. The number of fused-ring (bicyclic) bond motifs is 1. The fourth-order valence-corrected chi connectivity index (χ4v) is 7.93. The van der Waals surface area contributed by atoms with Crippen molar-refractivity contribution in [2.24, 2.45) is 39.9 Å². The summed E-state index contributed by atoms with van der Waals surface area (Å²) in [5, 5.41) is 10.9. The largest absolute Gasteiger partial charge is 0.390 e. The van der Waals surface area contributed by atoms with Crippen molar-refractivity contribution in [1.82, 2.24) is 0 Å². The van der Waals surface area contributed by atoms with E-state index >= 15 is 0 Å². The Balaban J connectivity index is 1.75. The third-order valence-electron chi connectivity index (χ3n) is 9.11. The van der Waals surface area contributed by atoms with Crippen LogP contribution in [0.25, 0.3) is 0 Å². The number of aliphatic hydroxyl groups is 1. The van der Waals surface area contributed by atoms with Gasteiger partial charge in [0.05, 0.1) is 5.60 Å². The molecule has 21 heavy (non-hydrogen) atoms. The number of rotatable bonds is 1. The predicted molar refractivity (Wildman–Crippen MR) is 86.9 cm³/mol. The maximum atomic E-state index is 10.9. The molecule has 0 aromatic rings. The van der Waals surface area contributed by atoms with Gasteiger partial charge in [0.2, 0.25) is 0 Å². The molecular weight excluding hydrogens is 256 g/mol. The number of hydrogen-bond donors (Lipinski definition) is 1. The van der Waals surface area contributed by atoms with Gasteiger partial charge in [-0.1, -0.05) is 27.7 Å². The molecule has 4 fully saturated rings. The second kappa shape index (κ2) is 3.89. The molecule has 7 atom stereocenters. The van der Waals surface area contributed by atoms with Crippen molar-refractivity contribution in [3.05, 3.63) is 0 Å². The molecule has 1 spiro atoms. The summed E-state index contributed by atoms with van der Waals surface area (Å²) in [6, 6.07) is 0. The Morgan fingerprint density at radius 3 is 2.24 bits per heavy atom. The van der Waals surface area contributed by atoms with E-state index in [-0.39, 0.29) is 5.60 Å². The average Bonchev–Trinajstić information content (AvgIpc) is 3.06. The normalized spacial score (nSPS) is 62.1. The van der Waals surface area contributed by atoms with Crippen LogP contribution in [0.2, 0.25) is 0 Å². The first-order valence-corrected chi connectivity index (χ1v) is 9.40. The highest BCUT2D eigenvalue weighted by Crippen LogP contribution is 2.83. The standard InChI is InChI=1S/C20H34O/c1-13(2)14-6-7-15-18(14,4)10-8-17(3)9-11-19(5,21)16-12-20(15,16)17/h13-16,21H,6-12H2,1-5H3/t14-,15-,16+,17+,18-,19+,20?/m1/s1. The fourth-order valence-electron chi connectivity index (χ4n) is 7.93. The third kappa shape index (κ3) is 1.53. The van der Waals surface area contributed by atoms with Crippen LogP contribution >= 0.6 is 0 Å². The maximum absolute atomic E-state index is 10.9. The Morgan fingerprint density at radius 2 is 1.57 bits per heavy atom. The molecule has 4 saturated carbocycles. The Labute approximate surface area is 130 Å². The van der Waals surface area contributed by atoms with Gasteiger partial charge in [0.15, 0.2) is 0 Å². The maximum Gasteiger partial charge on any atom is 0.0653 e. The van der Waals surface area contributed by atoms with Gasteiger partial charge in [-0.3, -0.25) is 0 Å². The Hall–Kier alpha value is -0.0400. The van der Waals surface area contributed by atoms with Gasteiger partial charge in [-0.2, -0.15) is 0 Å². The highest BCUT2D eigenvalue weighted by Gasteiger charge is 2.78. The minimum atomic E-state index is -0.381. The van der Waals surface area contributed by atoms with E-state index in [0.717, 1.165) is 24.2 Å². The van der Waals surface area contributed by atoms with Crippen molar-refractivity contribution < 1.29 is 5.11 Å². The van der Waals surface area contributed by atoms with Gasteiger partial charge in [-0.15, -0.1) is 0 Å². The molecule has 0 heterocycles. The van der Waals surface area contributed by atoms with E-state index in [9.17, 15) is 5.11 Å². The molecule has 1 nitrogen and oxygen atoms in total. The van der Waals surface area contributed by atoms with Gasteiger partial charge in [0.25, 0.3) is 0 Å². The molecule has 4 rings (SSSR count). The van der Waals surface area contributed by atoms with Crippen LogP contribution in [0.1, 0.15) is 79.6 Å². The van der Waals surface area contributed by atoms with Crippen molar-refractivity contribution in [3.63, 3.8) is 0 Å². The van der Waals surface area contributed by atoms with Crippen molar-refractivity contribution in [2.45, 2.75) is 85.2 Å². The Morgan fingerprint density at radius 1 is 0.905 bits per heavy atom. The van der Waals surface area contributed by atoms with Gasteiger partial charge in [0, 0.05) is 0 Å². The molecule has 0 saturated heterocycles. The first-order chi connectivity index (χ1) is 9.67. The summed E-state index contributed by atoms with van der Waals surface area (Å²) < 4.78 is 0. The molecule has 0 aliphatic heterocycles. The molecule has 120 valence electrons. The van der Waals surface area contributed by atoms with Crippen LogP contribution < -0.4 is 0 Å². The molecule has 0 radical (unpaired) electrons. The molecule has 4 aliphatic carbocycles. The Bertz CT molecular complexity index is 466. The zero-order valence-electron chi connectivity index (χ0n) is 14.7. The molecule has 0 bridgehead atoms. The summed E-state index contributed by atoms with van der Waals surface area (Å²) in [6.45, 7) is 12.2. The summed E-state index contributed by atoms with van der Waals surface area (Å²) in [6.07, 6.45) is 9.33. The van der Waals surface area contributed by atoms with E-state index in [0.29, 0.717) is 22.2 Å². The second-order valence-corrected chi connectivity index (χ2v) is 10.2. The topological polar surface area (TPSA) is 20.2 Å². The van der Waals surface area contributed by atoms with E-state index in [1.165, 1.54) is 38.5 Å². The summed E-state index contributed by atoms with van der Waals surface area (Å²) in [4.78, 5) is 0. The van der Waals surface area contributed by atoms with E-state index in [1.807, 2.05) is 0 Å². The van der Waals surface area contributed by atoms with Crippen LogP contribution in [0.15, 0.2) is 0 Å². The molecule has 1 N–H and O–H groups in total. The molecule has 4 aliphatic rings. The lowest BCUT2D eigenvalue weighted by Crippen LogP contribution is -2.54. The van der Waals surface area contributed by atoms with Gasteiger partial charge in [0.1, 0.15) is 0 Å². The van der Waals surface area contributed by atoms with Gasteiger partial charge in [-0.05, 0) is 91.8 Å². The molecule has 1 unspecified atom stereocenters. The second-order valence-electron chi connectivity index (χ2n) is 10.2. The van der Waals surface area contributed by atoms with Crippen LogP contribution in [0.3, 0.4) is 0 Å². The number of hydrogen-bond acceptors (Lipinski definition) is 1. The molecular formula is C20H34O. The van der Waals surface area contributed by atoms with E-state index in [1.54, 1.807) is 0 Å². The summed E-state index contributed by atoms with van der Waals surface area (Å²) in [5.74, 6) is 3.21. The molecule has 0 aromatic heterocycles. The van der Waals surface area contributed by atoms with Crippen molar-refractivity contribution in [3.8, 4) is 0 Å². The van der Waals surface area contributed by atoms with Crippen LogP contribution in [-0.2, 0) is 0 Å². The molecule has 0 amide bonds. The van der Waals surface area contributed by atoms with Crippen LogP contribution in [0.4, 0.5) is 0 Å². The first kappa shape index (κ1) is 14.5. The van der Waals surface area contributed by atoms with Gasteiger partial charge >= 0.3 is 0 Å². The SMILES string of the molecule is CC(C)[C@H]1CC[C@H]2C34C[C@H]3[C@@](C)(O)CC[C@]4(C)CC[C@]12C. The zero-order valence-corrected chi connectivity index (χ0v) is 14.7. The quantitative estimate of drug-likeness (QED) is 0.718. The smallest absolute Gasteiger partial charge is 0.0653 e. The van der Waals surface area contributed by atoms with Crippen LogP contribution in [0.5, 0.6) is 0 Å². The van der Waals surface area contributed by atoms with E-state index in [4.69, 9.17) is 0 Å². The summed E-state index contributed by atoms with van der Waals surface area (Å²) in [7, 11) is 0. The molecule has 0 aromatic carbocycles. The predicted octanol–water partition coefficient (Wildman–Crippen LogP) is 5.03. The van der Waals surface area contributed by atoms with Crippen molar-refractivity contribution >= 4 is 0 Å². The van der Waals surface area contributed by atoms with Crippen LogP contribution in [0, 0.1) is 39.9 Å². The Kier molecular flexibility index (Phi) is 2.69. The van der Waals surface area contributed by atoms with E-state index in [2.05, 4.69) is 34.6 Å². The lowest BCUT2D eigenvalue weighted by molar-refractivity contribution is -0.135. The minimum Gasteiger partial charge on any atom is -0.390 e. The monoisotopic (exact) mass is 290 g/mol. The van der Waals surface area contributed by atoms with Crippen molar-refractivity contribution in [1.29, 1.82) is 0 Å². The van der Waals surface area contributed by atoms with Gasteiger partial charge in [-0.25, -0.2) is 0 Å². The molecule has 1 heteroatoms. The summed E-state index contributed by atoms with van der Waals surface area (Å²) >= 11 is 0.